The largest absolute Gasteiger partial charge is 0.356 e. The normalized spacial score (nSPS) is 40.3. The number of hydrogen-bond acceptors (Lipinski definition) is 2. The predicted molar refractivity (Wildman–Crippen MR) is 50.3 cm³/mol. The summed E-state index contributed by atoms with van der Waals surface area (Å²) in [6.45, 7) is 8.13. The summed E-state index contributed by atoms with van der Waals surface area (Å²) in [5, 5.41) is 0. The molecule has 1 saturated heterocycles. The van der Waals surface area contributed by atoms with Crippen molar-refractivity contribution in [1.29, 1.82) is 0 Å². The fraction of sp³-hybridized carbons (Fsp3) is 0.800. The first-order chi connectivity index (χ1) is 5.61. The van der Waals surface area contributed by atoms with Gasteiger partial charge < -0.3 is 9.80 Å². The minimum Gasteiger partial charge on any atom is -0.356 e. The smallest absolute Gasteiger partial charge is 0.103 e. The minimum absolute atomic E-state index is 0.639. The molecular weight excluding hydrogens is 148 g/mol. The Morgan fingerprint density at radius 1 is 1.42 bits per heavy atom. The van der Waals surface area contributed by atoms with Gasteiger partial charge in [0.25, 0.3) is 0 Å². The van der Waals surface area contributed by atoms with Crippen LogP contribution >= 0.6 is 0 Å². The molecule has 2 aliphatic rings. The Labute approximate surface area is 74.8 Å². The van der Waals surface area contributed by atoms with Gasteiger partial charge in [0.05, 0.1) is 0 Å². The van der Waals surface area contributed by atoms with Crippen LogP contribution in [0.5, 0.6) is 0 Å². The Morgan fingerprint density at radius 3 is 2.67 bits per heavy atom. The highest BCUT2D eigenvalue weighted by Gasteiger charge is 2.40. The summed E-state index contributed by atoms with van der Waals surface area (Å²) in [6.07, 6.45) is 2.94. The van der Waals surface area contributed by atoms with Gasteiger partial charge in [-0.2, -0.15) is 0 Å². The number of fused-ring (bicyclic) bond motifs is 1. The van der Waals surface area contributed by atoms with Crippen molar-refractivity contribution in [3.05, 3.63) is 11.9 Å². The molecule has 3 unspecified atom stereocenters. The van der Waals surface area contributed by atoms with E-state index in [1.54, 1.807) is 0 Å². The van der Waals surface area contributed by atoms with Crippen molar-refractivity contribution in [2.75, 3.05) is 13.6 Å². The standard InChI is InChI=1S/C10H18N2/c1-7-5-12-6-8(2)11(4)10(12)9(7)3/h6-7,9-10H,5H2,1-4H3. The lowest BCUT2D eigenvalue weighted by atomic mass is 9.97. The molecule has 12 heavy (non-hydrogen) atoms. The van der Waals surface area contributed by atoms with E-state index in [0.717, 1.165) is 11.8 Å². The van der Waals surface area contributed by atoms with Gasteiger partial charge in [0.15, 0.2) is 0 Å². The maximum absolute atomic E-state index is 2.48. The van der Waals surface area contributed by atoms with E-state index in [1.165, 1.54) is 12.2 Å². The van der Waals surface area contributed by atoms with E-state index in [1.807, 2.05) is 0 Å². The fourth-order valence-corrected chi connectivity index (χ4v) is 2.45. The molecule has 0 radical (unpaired) electrons. The van der Waals surface area contributed by atoms with Crippen molar-refractivity contribution < 1.29 is 0 Å². The highest BCUT2D eigenvalue weighted by Crippen LogP contribution is 2.36. The first kappa shape index (κ1) is 7.96. The maximum Gasteiger partial charge on any atom is 0.103 e. The molecule has 0 aliphatic carbocycles. The fourth-order valence-electron chi connectivity index (χ4n) is 2.45. The van der Waals surface area contributed by atoms with Gasteiger partial charge in [0.1, 0.15) is 6.17 Å². The molecule has 0 bridgehead atoms. The van der Waals surface area contributed by atoms with Crippen LogP contribution in [0.4, 0.5) is 0 Å². The van der Waals surface area contributed by atoms with Crippen molar-refractivity contribution in [3.8, 4) is 0 Å². The lowest BCUT2D eigenvalue weighted by molar-refractivity contribution is 0.174. The van der Waals surface area contributed by atoms with E-state index in [-0.39, 0.29) is 0 Å². The topological polar surface area (TPSA) is 6.48 Å². The van der Waals surface area contributed by atoms with Gasteiger partial charge in [-0.05, 0) is 18.8 Å². The number of hydrogen-bond donors (Lipinski definition) is 0. The van der Waals surface area contributed by atoms with Gasteiger partial charge >= 0.3 is 0 Å². The number of rotatable bonds is 0. The zero-order valence-corrected chi connectivity index (χ0v) is 8.41. The molecule has 0 saturated carbocycles. The number of nitrogens with zero attached hydrogens (tertiary/aromatic N) is 2. The Balaban J connectivity index is 2.23. The molecule has 2 nitrogen and oxygen atoms in total. The first-order valence-electron chi connectivity index (χ1n) is 4.78. The Kier molecular flexibility index (Phi) is 1.60. The first-order valence-corrected chi connectivity index (χ1v) is 4.78. The van der Waals surface area contributed by atoms with E-state index >= 15 is 0 Å². The predicted octanol–water partition coefficient (Wildman–Crippen LogP) is 1.71. The van der Waals surface area contributed by atoms with Crippen LogP contribution in [-0.4, -0.2) is 29.6 Å². The molecule has 0 spiro atoms. The van der Waals surface area contributed by atoms with Crippen molar-refractivity contribution >= 4 is 0 Å². The van der Waals surface area contributed by atoms with Crippen LogP contribution in [0.25, 0.3) is 0 Å². The second-order valence-corrected chi connectivity index (χ2v) is 4.33. The lowest BCUT2D eigenvalue weighted by Gasteiger charge is -2.28. The molecule has 3 atom stereocenters. The summed E-state index contributed by atoms with van der Waals surface area (Å²) >= 11 is 0. The molecule has 0 N–H and O–H groups in total. The maximum atomic E-state index is 2.48. The van der Waals surface area contributed by atoms with Crippen molar-refractivity contribution in [2.45, 2.75) is 26.9 Å². The van der Waals surface area contributed by atoms with Crippen molar-refractivity contribution in [3.63, 3.8) is 0 Å². The zero-order chi connectivity index (χ0) is 8.88. The highest BCUT2D eigenvalue weighted by atomic mass is 15.4. The summed E-state index contributed by atoms with van der Waals surface area (Å²) in [5.74, 6) is 1.63. The van der Waals surface area contributed by atoms with Crippen LogP contribution in [-0.2, 0) is 0 Å². The average Bonchev–Trinajstić information content (AvgIpc) is 2.40. The van der Waals surface area contributed by atoms with Crippen LogP contribution in [0.2, 0.25) is 0 Å². The summed E-state index contributed by atoms with van der Waals surface area (Å²) in [5.41, 5.74) is 1.40. The van der Waals surface area contributed by atoms with E-state index < -0.39 is 0 Å². The second-order valence-electron chi connectivity index (χ2n) is 4.33. The van der Waals surface area contributed by atoms with Gasteiger partial charge in [-0.25, -0.2) is 0 Å². The molecule has 2 aliphatic heterocycles. The quantitative estimate of drug-likeness (QED) is 0.540. The van der Waals surface area contributed by atoms with E-state index in [9.17, 15) is 0 Å². The van der Waals surface area contributed by atoms with Crippen molar-refractivity contribution in [1.82, 2.24) is 9.80 Å². The molecule has 2 heteroatoms. The molecule has 2 rings (SSSR count). The molecule has 0 aromatic carbocycles. The van der Waals surface area contributed by atoms with Gasteiger partial charge in [0.2, 0.25) is 0 Å². The summed E-state index contributed by atoms with van der Waals surface area (Å²) in [4.78, 5) is 4.87. The van der Waals surface area contributed by atoms with Gasteiger partial charge in [-0.3, -0.25) is 0 Å². The van der Waals surface area contributed by atoms with Crippen LogP contribution in [0.1, 0.15) is 20.8 Å². The molecule has 0 amide bonds. The molecule has 1 fully saturated rings. The van der Waals surface area contributed by atoms with Crippen LogP contribution in [0, 0.1) is 11.8 Å². The Morgan fingerprint density at radius 2 is 2.08 bits per heavy atom. The summed E-state index contributed by atoms with van der Waals surface area (Å²) in [7, 11) is 2.20. The third kappa shape index (κ3) is 0.869. The third-order valence-electron chi connectivity index (χ3n) is 3.51. The summed E-state index contributed by atoms with van der Waals surface area (Å²) in [6, 6.07) is 0. The van der Waals surface area contributed by atoms with Gasteiger partial charge in [-0.15, -0.1) is 0 Å². The average molecular weight is 166 g/mol. The summed E-state index contributed by atoms with van der Waals surface area (Å²) < 4.78 is 0. The second kappa shape index (κ2) is 2.41. The van der Waals surface area contributed by atoms with Crippen LogP contribution in [0.3, 0.4) is 0 Å². The molecule has 68 valence electrons. The molecule has 2 heterocycles. The zero-order valence-electron chi connectivity index (χ0n) is 8.41. The molecular formula is C10H18N2. The van der Waals surface area contributed by atoms with Crippen LogP contribution in [0.15, 0.2) is 11.9 Å². The van der Waals surface area contributed by atoms with E-state index in [2.05, 4.69) is 43.8 Å². The van der Waals surface area contributed by atoms with E-state index in [4.69, 9.17) is 0 Å². The Bertz CT molecular complexity index is 222. The Hall–Kier alpha value is -0.660. The third-order valence-corrected chi connectivity index (χ3v) is 3.51. The van der Waals surface area contributed by atoms with Gasteiger partial charge in [-0.1, -0.05) is 13.8 Å². The van der Waals surface area contributed by atoms with E-state index in [0.29, 0.717) is 6.17 Å². The highest BCUT2D eigenvalue weighted by molar-refractivity contribution is 5.10. The number of allylic oxidation sites excluding steroid dienone is 1. The molecule has 0 aromatic heterocycles. The molecule has 0 aromatic rings. The van der Waals surface area contributed by atoms with Crippen LogP contribution < -0.4 is 0 Å². The SMILES string of the molecule is CC1=CN2CC(C)C(C)C2N1C. The minimum atomic E-state index is 0.639. The lowest BCUT2D eigenvalue weighted by Crippen LogP contribution is -2.36. The van der Waals surface area contributed by atoms with Gasteiger partial charge in [0, 0.05) is 25.5 Å². The monoisotopic (exact) mass is 166 g/mol. The van der Waals surface area contributed by atoms with Crippen molar-refractivity contribution in [2.24, 2.45) is 11.8 Å².